The molecule has 0 radical (unpaired) electrons. The van der Waals surface area contributed by atoms with Crippen molar-refractivity contribution in [2.45, 2.75) is 25.9 Å². The molecule has 106 valence electrons. The minimum atomic E-state index is -0.388. The Morgan fingerprint density at radius 1 is 1.47 bits per heavy atom. The average molecular weight is 285 g/mol. The molecule has 2 rings (SSSR count). The predicted molar refractivity (Wildman–Crippen MR) is 79.0 cm³/mol. The number of morpholine rings is 1. The van der Waals surface area contributed by atoms with Crippen LogP contribution in [0.5, 0.6) is 0 Å². The van der Waals surface area contributed by atoms with Crippen LogP contribution in [0.25, 0.3) is 0 Å². The van der Waals surface area contributed by atoms with Gasteiger partial charge >= 0.3 is 0 Å². The van der Waals surface area contributed by atoms with Crippen molar-refractivity contribution < 1.29 is 9.53 Å². The number of halogens is 1. The molecule has 1 aliphatic heterocycles. The highest BCUT2D eigenvalue weighted by Crippen LogP contribution is 2.18. The first-order valence-electron chi connectivity index (χ1n) is 6.40. The number of hydrogen-bond acceptors (Lipinski definition) is 3. The van der Waals surface area contributed by atoms with Crippen LogP contribution >= 0.6 is 12.4 Å². The summed E-state index contributed by atoms with van der Waals surface area (Å²) in [5.41, 5.74) is 2.05. The van der Waals surface area contributed by atoms with E-state index in [1.165, 1.54) is 5.56 Å². The highest BCUT2D eigenvalue weighted by molar-refractivity contribution is 5.94. The van der Waals surface area contributed by atoms with Gasteiger partial charge in [-0.1, -0.05) is 26.0 Å². The van der Waals surface area contributed by atoms with Crippen LogP contribution < -0.4 is 10.6 Å². The maximum Gasteiger partial charge on any atom is 0.254 e. The molecule has 1 fully saturated rings. The number of carbonyl (C=O) groups excluding carboxylic acids is 1. The Morgan fingerprint density at radius 2 is 2.26 bits per heavy atom. The van der Waals surface area contributed by atoms with Gasteiger partial charge in [0.1, 0.15) is 6.10 Å². The Bertz CT molecular complexity index is 418. The summed E-state index contributed by atoms with van der Waals surface area (Å²) in [5, 5.41) is 6.05. The standard InChI is InChI=1S/C14H20N2O2.ClH/c1-10(2)11-4-3-5-12(8-11)16-14(17)13-9-15-6-7-18-13;/h3-5,8,10,13,15H,6-7,9H2,1-2H3,(H,16,17);1H. The van der Waals surface area contributed by atoms with Crippen LogP contribution in [-0.4, -0.2) is 31.7 Å². The summed E-state index contributed by atoms with van der Waals surface area (Å²) in [7, 11) is 0. The topological polar surface area (TPSA) is 50.4 Å². The van der Waals surface area contributed by atoms with E-state index in [1.54, 1.807) is 0 Å². The molecule has 0 saturated carbocycles. The molecule has 19 heavy (non-hydrogen) atoms. The molecular weight excluding hydrogens is 264 g/mol. The molecule has 1 unspecified atom stereocenters. The fraction of sp³-hybridized carbons (Fsp3) is 0.500. The van der Waals surface area contributed by atoms with Crippen molar-refractivity contribution >= 4 is 24.0 Å². The van der Waals surface area contributed by atoms with Crippen LogP contribution in [0.4, 0.5) is 5.69 Å². The van der Waals surface area contributed by atoms with Crippen molar-refractivity contribution in [1.29, 1.82) is 0 Å². The zero-order valence-electron chi connectivity index (χ0n) is 11.3. The number of carbonyl (C=O) groups is 1. The van der Waals surface area contributed by atoms with E-state index >= 15 is 0 Å². The maximum atomic E-state index is 12.0. The van der Waals surface area contributed by atoms with Gasteiger partial charge in [0, 0.05) is 18.8 Å². The van der Waals surface area contributed by atoms with Gasteiger partial charge in [-0.15, -0.1) is 12.4 Å². The first-order valence-corrected chi connectivity index (χ1v) is 6.40. The van der Waals surface area contributed by atoms with Gasteiger partial charge in [0.05, 0.1) is 6.61 Å². The third-order valence-electron chi connectivity index (χ3n) is 3.04. The monoisotopic (exact) mass is 284 g/mol. The second-order valence-corrected chi connectivity index (χ2v) is 4.83. The summed E-state index contributed by atoms with van der Waals surface area (Å²) in [4.78, 5) is 12.0. The van der Waals surface area contributed by atoms with E-state index in [2.05, 4.69) is 30.5 Å². The fourth-order valence-electron chi connectivity index (χ4n) is 1.93. The number of ether oxygens (including phenoxy) is 1. The highest BCUT2D eigenvalue weighted by atomic mass is 35.5. The largest absolute Gasteiger partial charge is 0.366 e. The number of nitrogens with one attached hydrogen (secondary N) is 2. The Morgan fingerprint density at radius 3 is 2.89 bits per heavy atom. The SMILES string of the molecule is CC(C)c1cccc(NC(=O)C2CNCCO2)c1.Cl. The van der Waals surface area contributed by atoms with Gasteiger partial charge in [-0.05, 0) is 23.6 Å². The van der Waals surface area contributed by atoms with Gasteiger partial charge in [0.2, 0.25) is 0 Å². The van der Waals surface area contributed by atoms with Crippen LogP contribution in [0.1, 0.15) is 25.3 Å². The molecule has 1 atom stereocenters. The lowest BCUT2D eigenvalue weighted by Gasteiger charge is -2.22. The molecule has 4 nitrogen and oxygen atoms in total. The minimum Gasteiger partial charge on any atom is -0.366 e. The second-order valence-electron chi connectivity index (χ2n) is 4.83. The van der Waals surface area contributed by atoms with Crippen LogP contribution in [0.2, 0.25) is 0 Å². The molecule has 5 heteroatoms. The van der Waals surface area contributed by atoms with Gasteiger partial charge in [-0.2, -0.15) is 0 Å². The minimum absolute atomic E-state index is 0. The van der Waals surface area contributed by atoms with Gasteiger partial charge in [0.15, 0.2) is 0 Å². The Kier molecular flexibility index (Phi) is 6.28. The van der Waals surface area contributed by atoms with Gasteiger partial charge in [-0.25, -0.2) is 0 Å². The van der Waals surface area contributed by atoms with E-state index in [9.17, 15) is 4.79 Å². The van der Waals surface area contributed by atoms with E-state index in [-0.39, 0.29) is 24.4 Å². The van der Waals surface area contributed by atoms with E-state index in [0.717, 1.165) is 12.2 Å². The van der Waals surface area contributed by atoms with Crippen molar-refractivity contribution in [1.82, 2.24) is 5.32 Å². The fourth-order valence-corrected chi connectivity index (χ4v) is 1.93. The first kappa shape index (κ1) is 16.0. The summed E-state index contributed by atoms with van der Waals surface area (Å²) in [5.74, 6) is 0.373. The third-order valence-corrected chi connectivity index (χ3v) is 3.04. The van der Waals surface area contributed by atoms with Crippen LogP contribution in [0, 0.1) is 0 Å². The summed E-state index contributed by atoms with van der Waals surface area (Å²) < 4.78 is 5.42. The smallest absolute Gasteiger partial charge is 0.254 e. The molecule has 0 bridgehead atoms. The van der Waals surface area contributed by atoms with Gasteiger partial charge < -0.3 is 15.4 Å². The van der Waals surface area contributed by atoms with Crippen molar-refractivity contribution in [2.75, 3.05) is 25.0 Å². The molecule has 2 N–H and O–H groups in total. The maximum absolute atomic E-state index is 12.0. The molecule has 1 saturated heterocycles. The molecule has 1 amide bonds. The van der Waals surface area contributed by atoms with Crippen LogP contribution in [-0.2, 0) is 9.53 Å². The third kappa shape index (κ3) is 4.49. The Balaban J connectivity index is 0.00000180. The molecule has 1 aromatic carbocycles. The number of amides is 1. The first-order chi connectivity index (χ1) is 8.66. The molecular formula is C14H21ClN2O2. The molecule has 0 spiro atoms. The number of hydrogen-bond donors (Lipinski definition) is 2. The summed E-state index contributed by atoms with van der Waals surface area (Å²) >= 11 is 0. The zero-order chi connectivity index (χ0) is 13.0. The van der Waals surface area contributed by atoms with E-state index in [4.69, 9.17) is 4.74 Å². The van der Waals surface area contributed by atoms with E-state index in [1.807, 2.05) is 18.2 Å². The van der Waals surface area contributed by atoms with E-state index < -0.39 is 0 Å². The summed E-state index contributed by atoms with van der Waals surface area (Å²) in [6.07, 6.45) is -0.388. The number of benzene rings is 1. The molecule has 1 aromatic rings. The van der Waals surface area contributed by atoms with E-state index in [0.29, 0.717) is 19.1 Å². The highest BCUT2D eigenvalue weighted by Gasteiger charge is 2.21. The van der Waals surface area contributed by atoms with Crippen LogP contribution in [0.15, 0.2) is 24.3 Å². The second kappa shape index (κ2) is 7.48. The summed E-state index contributed by atoms with van der Waals surface area (Å²) in [6, 6.07) is 7.95. The molecule has 0 aromatic heterocycles. The van der Waals surface area contributed by atoms with Crippen molar-refractivity contribution in [2.24, 2.45) is 0 Å². The lowest BCUT2D eigenvalue weighted by molar-refractivity contribution is -0.128. The van der Waals surface area contributed by atoms with Gasteiger partial charge in [-0.3, -0.25) is 4.79 Å². The normalized spacial score (nSPS) is 18.8. The lowest BCUT2D eigenvalue weighted by Crippen LogP contribution is -2.45. The van der Waals surface area contributed by atoms with Crippen molar-refractivity contribution in [3.05, 3.63) is 29.8 Å². The quantitative estimate of drug-likeness (QED) is 0.894. The molecule has 1 aliphatic rings. The zero-order valence-corrected chi connectivity index (χ0v) is 12.1. The van der Waals surface area contributed by atoms with Crippen molar-refractivity contribution in [3.8, 4) is 0 Å². The summed E-state index contributed by atoms with van der Waals surface area (Å²) in [6.45, 7) is 6.25. The number of rotatable bonds is 3. The van der Waals surface area contributed by atoms with Crippen molar-refractivity contribution in [3.63, 3.8) is 0 Å². The average Bonchev–Trinajstić information content (AvgIpc) is 2.40. The molecule has 0 aliphatic carbocycles. The molecule has 1 heterocycles. The lowest BCUT2D eigenvalue weighted by atomic mass is 10.0. The Labute approximate surface area is 120 Å². The number of anilines is 1. The van der Waals surface area contributed by atoms with Crippen LogP contribution in [0.3, 0.4) is 0 Å². The Hall–Kier alpha value is -1.10. The van der Waals surface area contributed by atoms with Gasteiger partial charge in [0.25, 0.3) is 5.91 Å². The predicted octanol–water partition coefficient (Wildman–Crippen LogP) is 2.16.